The molecule has 0 radical (unpaired) electrons. The predicted molar refractivity (Wildman–Crippen MR) is 70.6 cm³/mol. The van der Waals surface area contributed by atoms with Crippen LogP contribution >= 0.6 is 0 Å². The highest BCUT2D eigenvalue weighted by atomic mass is 32.2. The minimum atomic E-state index is -3.29. The van der Waals surface area contributed by atoms with Gasteiger partial charge in [-0.15, -0.1) is 0 Å². The zero-order valence-electron chi connectivity index (χ0n) is 10.5. The highest BCUT2D eigenvalue weighted by Gasteiger charge is 2.14. The van der Waals surface area contributed by atoms with Crippen LogP contribution in [0.15, 0.2) is 24.3 Å². The van der Waals surface area contributed by atoms with E-state index in [2.05, 4.69) is 5.32 Å². The second-order valence-corrected chi connectivity index (χ2v) is 6.45. The maximum absolute atomic E-state index is 11.5. The first-order valence-electron chi connectivity index (χ1n) is 5.58. The maximum Gasteiger partial charge on any atom is 0.235 e. The second kappa shape index (κ2) is 5.97. The molecular formula is C12H18N2O3S. The Kier molecular flexibility index (Phi) is 4.86. The van der Waals surface area contributed by atoms with Crippen LogP contribution in [-0.4, -0.2) is 26.3 Å². The summed E-state index contributed by atoms with van der Waals surface area (Å²) in [5.74, 6) is -0.981. The van der Waals surface area contributed by atoms with Gasteiger partial charge in [-0.05, 0) is 18.1 Å². The molecule has 0 fully saturated rings. The van der Waals surface area contributed by atoms with Crippen LogP contribution in [0.1, 0.15) is 24.1 Å². The summed E-state index contributed by atoms with van der Waals surface area (Å²) < 4.78 is 21.9. The average Bonchev–Trinajstić information content (AvgIpc) is 2.26. The van der Waals surface area contributed by atoms with Crippen molar-refractivity contribution in [1.29, 1.82) is 0 Å². The van der Waals surface area contributed by atoms with Gasteiger partial charge in [-0.3, -0.25) is 4.79 Å². The van der Waals surface area contributed by atoms with E-state index in [4.69, 9.17) is 5.73 Å². The maximum atomic E-state index is 11.5. The lowest BCUT2D eigenvalue weighted by atomic mass is 10.1. The molecule has 100 valence electrons. The lowest BCUT2D eigenvalue weighted by Gasteiger charge is -2.14. The molecule has 0 aliphatic rings. The van der Waals surface area contributed by atoms with Crippen molar-refractivity contribution < 1.29 is 13.2 Å². The Morgan fingerprint density at radius 2 is 1.89 bits per heavy atom. The summed E-state index contributed by atoms with van der Waals surface area (Å²) in [5.41, 5.74) is 7.41. The van der Waals surface area contributed by atoms with Gasteiger partial charge in [0.2, 0.25) is 5.91 Å². The Balaban J connectivity index is 2.64. The monoisotopic (exact) mass is 270 g/mol. The summed E-state index contributed by atoms with van der Waals surface area (Å²) in [4.78, 5) is 11.5. The molecule has 6 heteroatoms. The van der Waals surface area contributed by atoms with Crippen molar-refractivity contribution in [2.45, 2.75) is 19.5 Å². The lowest BCUT2D eigenvalue weighted by molar-refractivity contribution is -0.119. The van der Waals surface area contributed by atoms with E-state index in [1.165, 1.54) is 0 Å². The highest BCUT2D eigenvalue weighted by Crippen LogP contribution is 2.13. The molecule has 1 unspecified atom stereocenters. The zero-order chi connectivity index (χ0) is 13.8. The SMILES string of the molecule is CC(NC(=O)CS(C)(=O)=O)c1ccc(CN)cc1. The quantitative estimate of drug-likeness (QED) is 0.809. The molecule has 0 aromatic heterocycles. The van der Waals surface area contributed by atoms with Crippen molar-refractivity contribution >= 4 is 15.7 Å². The molecule has 1 rings (SSSR count). The fraction of sp³-hybridized carbons (Fsp3) is 0.417. The molecule has 3 N–H and O–H groups in total. The number of hydrogen-bond acceptors (Lipinski definition) is 4. The first-order valence-corrected chi connectivity index (χ1v) is 7.64. The number of nitrogens with two attached hydrogens (primary N) is 1. The molecule has 0 bridgehead atoms. The summed E-state index contributed by atoms with van der Waals surface area (Å²) in [6.45, 7) is 2.27. The van der Waals surface area contributed by atoms with Crippen molar-refractivity contribution in [1.82, 2.24) is 5.32 Å². The third-order valence-corrected chi connectivity index (χ3v) is 3.27. The number of carbonyl (C=O) groups is 1. The van der Waals surface area contributed by atoms with Crippen LogP contribution < -0.4 is 11.1 Å². The Bertz CT molecular complexity index is 509. The van der Waals surface area contributed by atoms with Crippen LogP contribution in [0.4, 0.5) is 0 Å². The molecule has 0 spiro atoms. The summed E-state index contributed by atoms with van der Waals surface area (Å²) in [6, 6.07) is 7.27. The van der Waals surface area contributed by atoms with E-state index in [0.29, 0.717) is 6.54 Å². The molecule has 0 saturated heterocycles. The largest absolute Gasteiger partial charge is 0.349 e. The van der Waals surface area contributed by atoms with Gasteiger partial charge in [0.05, 0.1) is 6.04 Å². The smallest absolute Gasteiger partial charge is 0.235 e. The fourth-order valence-electron chi connectivity index (χ4n) is 1.55. The van der Waals surface area contributed by atoms with Crippen LogP contribution in [0.2, 0.25) is 0 Å². The van der Waals surface area contributed by atoms with Gasteiger partial charge in [-0.25, -0.2) is 8.42 Å². The molecule has 0 saturated carbocycles. The van der Waals surface area contributed by atoms with Crippen LogP contribution in [0.3, 0.4) is 0 Å². The number of nitrogens with one attached hydrogen (secondary N) is 1. The van der Waals surface area contributed by atoms with E-state index < -0.39 is 21.5 Å². The minimum Gasteiger partial charge on any atom is -0.349 e. The number of benzene rings is 1. The number of carbonyl (C=O) groups excluding carboxylic acids is 1. The topological polar surface area (TPSA) is 89.3 Å². The van der Waals surface area contributed by atoms with E-state index in [1.807, 2.05) is 24.3 Å². The van der Waals surface area contributed by atoms with E-state index in [9.17, 15) is 13.2 Å². The normalized spacial score (nSPS) is 13.1. The lowest BCUT2D eigenvalue weighted by Crippen LogP contribution is -2.32. The number of sulfone groups is 1. The van der Waals surface area contributed by atoms with Crippen LogP contribution in [0.25, 0.3) is 0 Å². The molecule has 0 aliphatic carbocycles. The first kappa shape index (κ1) is 14.7. The minimum absolute atomic E-state index is 0.230. The number of amides is 1. The van der Waals surface area contributed by atoms with E-state index >= 15 is 0 Å². The van der Waals surface area contributed by atoms with E-state index in [1.54, 1.807) is 6.92 Å². The molecule has 1 atom stereocenters. The zero-order valence-corrected chi connectivity index (χ0v) is 11.3. The highest BCUT2D eigenvalue weighted by molar-refractivity contribution is 7.91. The molecule has 1 aromatic rings. The number of hydrogen-bond donors (Lipinski definition) is 2. The predicted octanol–water partition coefficient (Wildman–Crippen LogP) is 0.367. The summed E-state index contributed by atoms with van der Waals surface area (Å²) >= 11 is 0. The van der Waals surface area contributed by atoms with Crippen molar-refractivity contribution in [2.24, 2.45) is 5.73 Å². The molecule has 18 heavy (non-hydrogen) atoms. The Morgan fingerprint density at radius 1 is 1.33 bits per heavy atom. The first-order chi connectivity index (χ1) is 8.31. The van der Waals surface area contributed by atoms with Gasteiger partial charge < -0.3 is 11.1 Å². The van der Waals surface area contributed by atoms with E-state index in [0.717, 1.165) is 17.4 Å². The van der Waals surface area contributed by atoms with Crippen molar-refractivity contribution in [3.05, 3.63) is 35.4 Å². The van der Waals surface area contributed by atoms with Crippen LogP contribution in [0.5, 0.6) is 0 Å². The number of rotatable bonds is 5. The molecule has 1 amide bonds. The second-order valence-electron chi connectivity index (χ2n) is 4.30. The Morgan fingerprint density at radius 3 is 2.33 bits per heavy atom. The van der Waals surface area contributed by atoms with Gasteiger partial charge in [0.15, 0.2) is 9.84 Å². The van der Waals surface area contributed by atoms with Crippen molar-refractivity contribution in [3.8, 4) is 0 Å². The van der Waals surface area contributed by atoms with Crippen molar-refractivity contribution in [3.63, 3.8) is 0 Å². The van der Waals surface area contributed by atoms with Crippen LogP contribution in [-0.2, 0) is 21.2 Å². The van der Waals surface area contributed by atoms with E-state index in [-0.39, 0.29) is 6.04 Å². The molecule has 0 aliphatic heterocycles. The average molecular weight is 270 g/mol. The molecule has 1 aromatic carbocycles. The summed E-state index contributed by atoms with van der Waals surface area (Å²) in [5, 5.41) is 2.64. The van der Waals surface area contributed by atoms with Crippen molar-refractivity contribution in [2.75, 3.05) is 12.0 Å². The summed E-state index contributed by atoms with van der Waals surface area (Å²) in [6.07, 6.45) is 1.04. The van der Waals surface area contributed by atoms with Gasteiger partial charge in [0.25, 0.3) is 0 Å². The van der Waals surface area contributed by atoms with Gasteiger partial charge >= 0.3 is 0 Å². The molecular weight excluding hydrogens is 252 g/mol. The Labute approximate surface area is 107 Å². The molecule has 0 heterocycles. The third-order valence-electron chi connectivity index (χ3n) is 2.49. The molecule has 5 nitrogen and oxygen atoms in total. The van der Waals surface area contributed by atoms with Gasteiger partial charge in [0.1, 0.15) is 5.75 Å². The standard InChI is InChI=1S/C12H18N2O3S/c1-9(14-12(15)8-18(2,16)17)11-5-3-10(7-13)4-6-11/h3-6,9H,7-8,13H2,1-2H3,(H,14,15). The fourth-order valence-corrected chi connectivity index (χ4v) is 2.11. The Hall–Kier alpha value is -1.40. The third kappa shape index (κ3) is 4.85. The van der Waals surface area contributed by atoms with Gasteiger partial charge in [-0.2, -0.15) is 0 Å². The van der Waals surface area contributed by atoms with Gasteiger partial charge in [-0.1, -0.05) is 24.3 Å². The summed E-state index contributed by atoms with van der Waals surface area (Å²) in [7, 11) is -3.29. The van der Waals surface area contributed by atoms with Crippen LogP contribution in [0, 0.1) is 0 Å². The van der Waals surface area contributed by atoms with Gasteiger partial charge in [0, 0.05) is 12.8 Å².